The summed E-state index contributed by atoms with van der Waals surface area (Å²) >= 11 is 0. The Morgan fingerprint density at radius 1 is 0.762 bits per heavy atom. The quantitative estimate of drug-likeness (QED) is 0.159. The zero-order chi connectivity index (χ0) is 30.5. The number of phenolic OH excluding ortho intramolecular Hbond substituents is 3. The van der Waals surface area contributed by atoms with Gasteiger partial charge in [-0.1, -0.05) is 0 Å². The van der Waals surface area contributed by atoms with E-state index in [1.807, 2.05) is 0 Å². The highest BCUT2D eigenvalue weighted by molar-refractivity contribution is 5.88. The van der Waals surface area contributed by atoms with Crippen LogP contribution in [-0.2, 0) is 14.2 Å². The molecule has 2 aromatic carbocycles. The highest BCUT2D eigenvalue weighted by Gasteiger charge is 2.47. The van der Waals surface area contributed by atoms with Crippen molar-refractivity contribution < 1.29 is 69.3 Å². The molecule has 228 valence electrons. The van der Waals surface area contributed by atoms with Gasteiger partial charge in [-0.25, -0.2) is 0 Å². The second-order valence-electron chi connectivity index (χ2n) is 10.1. The Hall–Kier alpha value is -3.51. The van der Waals surface area contributed by atoms with Crippen LogP contribution in [-0.4, -0.2) is 114 Å². The molecule has 0 aliphatic carbocycles. The van der Waals surface area contributed by atoms with E-state index in [4.69, 9.17) is 23.4 Å². The number of rotatable bonds is 6. The largest absolute Gasteiger partial charge is 0.508 e. The second kappa shape index (κ2) is 11.6. The van der Waals surface area contributed by atoms with E-state index in [0.717, 1.165) is 12.1 Å². The van der Waals surface area contributed by atoms with Crippen LogP contribution in [0.5, 0.6) is 23.0 Å². The number of hydrogen-bond donors (Lipinski definition) is 9. The van der Waals surface area contributed by atoms with Gasteiger partial charge in [0.25, 0.3) is 0 Å². The molecule has 2 aliphatic heterocycles. The molecule has 42 heavy (non-hydrogen) atoms. The Bertz CT molecular complexity index is 1470. The van der Waals surface area contributed by atoms with E-state index >= 15 is 0 Å². The summed E-state index contributed by atoms with van der Waals surface area (Å²) in [7, 11) is 0. The molecule has 2 aliphatic rings. The maximum Gasteiger partial charge on any atom is 0.239 e. The number of aliphatic hydroxyl groups excluding tert-OH is 6. The maximum absolute atomic E-state index is 13.5. The average molecular weight is 595 g/mol. The van der Waals surface area contributed by atoms with Gasteiger partial charge in [0.1, 0.15) is 70.9 Å². The molecule has 1 aromatic heterocycles. The predicted molar refractivity (Wildman–Crippen MR) is 139 cm³/mol. The highest BCUT2D eigenvalue weighted by Crippen LogP contribution is 2.37. The lowest BCUT2D eigenvalue weighted by Gasteiger charge is -2.42. The van der Waals surface area contributed by atoms with Gasteiger partial charge in [0.2, 0.25) is 17.5 Å². The minimum atomic E-state index is -1.92. The van der Waals surface area contributed by atoms with Gasteiger partial charge in [-0.3, -0.25) is 4.79 Å². The predicted octanol–water partition coefficient (Wildman–Crippen LogP) is -1.39. The van der Waals surface area contributed by atoms with Crippen LogP contribution in [0.1, 0.15) is 6.92 Å². The molecule has 0 bridgehead atoms. The summed E-state index contributed by atoms with van der Waals surface area (Å²) in [5.74, 6) is -1.97. The minimum absolute atomic E-state index is 0.103. The van der Waals surface area contributed by atoms with Gasteiger partial charge in [-0.05, 0) is 31.2 Å². The number of aromatic hydroxyl groups is 3. The number of hydrogen-bond acceptors (Lipinski definition) is 15. The van der Waals surface area contributed by atoms with Crippen LogP contribution in [0.4, 0.5) is 0 Å². The van der Waals surface area contributed by atoms with Crippen molar-refractivity contribution in [1.29, 1.82) is 0 Å². The first-order valence-corrected chi connectivity index (χ1v) is 12.9. The second-order valence-corrected chi connectivity index (χ2v) is 10.1. The van der Waals surface area contributed by atoms with Gasteiger partial charge >= 0.3 is 0 Å². The summed E-state index contributed by atoms with van der Waals surface area (Å²) in [6.45, 7) is 0.866. The first-order valence-electron chi connectivity index (χ1n) is 12.9. The molecule has 0 unspecified atom stereocenters. The molecular weight excluding hydrogens is 564 g/mol. The minimum Gasteiger partial charge on any atom is -0.508 e. The first kappa shape index (κ1) is 30.0. The van der Waals surface area contributed by atoms with Crippen LogP contribution in [0.15, 0.2) is 45.6 Å². The Morgan fingerprint density at radius 2 is 1.40 bits per heavy atom. The lowest BCUT2D eigenvalue weighted by Crippen LogP contribution is -2.61. The van der Waals surface area contributed by atoms with Crippen molar-refractivity contribution in [2.45, 2.75) is 68.3 Å². The fourth-order valence-corrected chi connectivity index (χ4v) is 4.79. The Labute approximate surface area is 236 Å². The highest BCUT2D eigenvalue weighted by atomic mass is 16.7. The van der Waals surface area contributed by atoms with Crippen molar-refractivity contribution in [1.82, 2.24) is 0 Å². The molecule has 10 atom stereocenters. The van der Waals surface area contributed by atoms with Gasteiger partial charge in [-0.15, -0.1) is 0 Å². The summed E-state index contributed by atoms with van der Waals surface area (Å²) in [5.41, 5.74) is -0.956. The van der Waals surface area contributed by atoms with Crippen LogP contribution in [0.3, 0.4) is 0 Å². The molecule has 2 fully saturated rings. The van der Waals surface area contributed by atoms with E-state index < -0.39 is 90.7 Å². The number of ether oxygens (including phenoxy) is 4. The molecule has 5 rings (SSSR count). The molecule has 15 nitrogen and oxygen atoms in total. The lowest BCUT2D eigenvalue weighted by atomic mass is 9.98. The third-order valence-electron chi connectivity index (χ3n) is 7.18. The molecule has 2 saturated heterocycles. The summed E-state index contributed by atoms with van der Waals surface area (Å²) in [4.78, 5) is 13.5. The third-order valence-corrected chi connectivity index (χ3v) is 7.18. The Balaban J connectivity index is 1.46. The monoisotopic (exact) mass is 594 g/mol. The fourth-order valence-electron chi connectivity index (χ4n) is 4.79. The van der Waals surface area contributed by atoms with Gasteiger partial charge in [0, 0.05) is 17.7 Å². The van der Waals surface area contributed by atoms with Crippen LogP contribution < -0.4 is 10.2 Å². The van der Waals surface area contributed by atoms with E-state index in [1.54, 1.807) is 0 Å². The van der Waals surface area contributed by atoms with Gasteiger partial charge in [-0.2, -0.15) is 0 Å². The van der Waals surface area contributed by atoms with E-state index in [-0.39, 0.29) is 28.0 Å². The molecule has 15 heteroatoms. The Morgan fingerprint density at radius 3 is 2.10 bits per heavy atom. The van der Waals surface area contributed by atoms with Crippen molar-refractivity contribution in [3.63, 3.8) is 0 Å². The van der Waals surface area contributed by atoms with E-state index in [0.29, 0.717) is 0 Å². The van der Waals surface area contributed by atoms with Crippen molar-refractivity contribution >= 4 is 11.0 Å². The molecule has 3 aromatic rings. The van der Waals surface area contributed by atoms with E-state index in [1.165, 1.54) is 31.2 Å². The summed E-state index contributed by atoms with van der Waals surface area (Å²) in [5, 5.41) is 91.4. The summed E-state index contributed by atoms with van der Waals surface area (Å²) in [6.07, 6.45) is -15.8. The van der Waals surface area contributed by atoms with Crippen LogP contribution in [0.25, 0.3) is 22.3 Å². The molecule has 0 saturated carbocycles. The number of aliphatic hydroxyl groups is 6. The normalized spacial score (nSPS) is 33.5. The Kier molecular flexibility index (Phi) is 8.30. The molecule has 9 N–H and O–H groups in total. The van der Waals surface area contributed by atoms with Crippen molar-refractivity contribution in [2.75, 3.05) is 6.61 Å². The number of benzene rings is 2. The maximum atomic E-state index is 13.5. The van der Waals surface area contributed by atoms with Crippen LogP contribution in [0.2, 0.25) is 0 Å². The fraction of sp³-hybridized carbons (Fsp3) is 0.444. The average Bonchev–Trinajstić information content (AvgIpc) is 2.95. The van der Waals surface area contributed by atoms with Gasteiger partial charge in [0.15, 0.2) is 12.1 Å². The van der Waals surface area contributed by atoms with Gasteiger partial charge in [0.05, 0.1) is 12.7 Å². The van der Waals surface area contributed by atoms with Crippen molar-refractivity contribution in [2.24, 2.45) is 0 Å². The zero-order valence-corrected chi connectivity index (χ0v) is 21.9. The SMILES string of the molecule is C[C@@H]1O[C@@H](OC[C@@H]2O[C@@H](Oc3c(-c4ccc(O)cc4)oc4cc(O)cc(O)c4c3=O)[C@@H](O)[C@H](O)[C@@H]2O)[C@H](O)[C@H](O)[C@@H]1O. The van der Waals surface area contributed by atoms with Crippen LogP contribution in [0, 0.1) is 0 Å². The van der Waals surface area contributed by atoms with E-state index in [2.05, 4.69) is 0 Å². The molecule has 0 radical (unpaired) electrons. The topological polar surface area (TPSA) is 249 Å². The smallest absolute Gasteiger partial charge is 0.239 e. The van der Waals surface area contributed by atoms with Crippen molar-refractivity contribution in [3.05, 3.63) is 46.6 Å². The number of phenols is 3. The zero-order valence-electron chi connectivity index (χ0n) is 21.9. The van der Waals surface area contributed by atoms with Gasteiger partial charge < -0.3 is 69.3 Å². The summed E-state index contributed by atoms with van der Waals surface area (Å²) < 4.78 is 28.0. The van der Waals surface area contributed by atoms with E-state index in [9.17, 15) is 50.8 Å². The molecule has 0 amide bonds. The number of fused-ring (bicyclic) bond motifs is 1. The first-order chi connectivity index (χ1) is 19.9. The van der Waals surface area contributed by atoms with Crippen molar-refractivity contribution in [3.8, 4) is 34.3 Å². The third kappa shape index (κ3) is 5.49. The summed E-state index contributed by atoms with van der Waals surface area (Å²) in [6, 6.07) is 7.33. The molecule has 3 heterocycles. The lowest BCUT2D eigenvalue weighted by molar-refractivity contribution is -0.318. The van der Waals surface area contributed by atoms with Crippen LogP contribution >= 0.6 is 0 Å². The standard InChI is InChI=1S/C27H30O15/c1-9-17(31)20(34)22(36)26(39-9)38-8-15-18(32)21(35)23(37)27(41-15)42-25-19(33)16-13(30)6-12(29)7-14(16)40-24(25)10-2-4-11(28)5-3-10/h2-7,9,15,17-18,20-23,26-32,34-37H,8H2,1H3/t9-,15-,17+,18+,20+,21+,22+,23-,26+,27-/m0/s1. The molecular formula is C27H30O15. The molecule has 0 spiro atoms.